The number of benzene rings is 1. The minimum atomic E-state index is -2.23. The Morgan fingerprint density at radius 3 is 2.14 bits per heavy atom. The highest BCUT2D eigenvalue weighted by atomic mass is 32.2. The van der Waals surface area contributed by atoms with Crippen LogP contribution in [0.25, 0.3) is 0 Å². The van der Waals surface area contributed by atoms with E-state index in [9.17, 15) is 34.5 Å². The van der Waals surface area contributed by atoms with Crippen molar-refractivity contribution < 1.29 is 44.0 Å². The van der Waals surface area contributed by atoms with Gasteiger partial charge in [0.15, 0.2) is 5.41 Å². The van der Waals surface area contributed by atoms with Crippen LogP contribution in [-0.4, -0.2) is 106 Å². The first-order valence-corrected chi connectivity index (χ1v) is 26.4. The number of nitrogens with zero attached hydrogens (tertiary/aromatic N) is 1. The van der Waals surface area contributed by atoms with Gasteiger partial charge in [-0.1, -0.05) is 80.2 Å². The topological polar surface area (TPSA) is 228 Å². The Morgan fingerprint density at radius 2 is 1.51 bits per heavy atom. The number of aromatic nitrogens is 1. The monoisotopic (exact) mass is 978 g/mol. The van der Waals surface area contributed by atoms with Crippen molar-refractivity contribution in [1.29, 1.82) is 0 Å². The molecular formula is C54H70N6O9S. The first kappa shape index (κ1) is 51.3. The Bertz CT molecular complexity index is 2400. The average Bonchev–Trinajstić information content (AvgIpc) is 4.10. The van der Waals surface area contributed by atoms with Crippen LogP contribution in [0.3, 0.4) is 0 Å². The number of amides is 2. The number of allylic oxidation sites excluding steroid dienone is 1. The van der Waals surface area contributed by atoms with Gasteiger partial charge in [0.05, 0.1) is 5.25 Å². The third-order valence-electron chi connectivity index (χ3n) is 16.4. The lowest BCUT2D eigenvalue weighted by Crippen LogP contribution is -2.53. The van der Waals surface area contributed by atoms with Gasteiger partial charge in [0.2, 0.25) is 18.0 Å². The number of aliphatic hydroxyl groups excluding tert-OH is 1. The van der Waals surface area contributed by atoms with E-state index in [2.05, 4.69) is 73.7 Å². The molecule has 7 unspecified atom stereocenters. The molecule has 16 heteroatoms. The minimum Gasteiger partial charge on any atom is -0.480 e. The van der Waals surface area contributed by atoms with Crippen molar-refractivity contribution in [2.75, 3.05) is 26.5 Å². The number of fused-ring (bicyclic) bond motifs is 2. The molecule has 15 nitrogen and oxygen atoms in total. The normalized spacial score (nSPS) is 25.9. The van der Waals surface area contributed by atoms with E-state index in [1.165, 1.54) is 22.9 Å². The molecule has 3 spiro atoms. The number of aliphatic hydroxyl groups is 1. The Hall–Kier alpha value is -5.05. The van der Waals surface area contributed by atoms with Crippen LogP contribution >= 0.6 is 11.8 Å². The van der Waals surface area contributed by atoms with Crippen LogP contribution in [0.5, 0.6) is 0 Å². The lowest BCUT2D eigenvalue weighted by molar-refractivity contribution is -0.151. The number of carbonyl (C=O) groups is 5. The van der Waals surface area contributed by atoms with Gasteiger partial charge < -0.3 is 41.3 Å². The van der Waals surface area contributed by atoms with Gasteiger partial charge in [-0.2, -0.15) is 0 Å². The van der Waals surface area contributed by atoms with E-state index in [0.717, 1.165) is 119 Å². The molecule has 2 amide bonds. The van der Waals surface area contributed by atoms with Crippen LogP contribution < -0.4 is 26.6 Å². The number of rotatable bonds is 17. The summed E-state index contributed by atoms with van der Waals surface area (Å²) >= 11 is 1.45. The van der Waals surface area contributed by atoms with Gasteiger partial charge in [0.25, 0.3) is 0 Å². The Balaban J connectivity index is 1.30. The van der Waals surface area contributed by atoms with E-state index in [1.54, 1.807) is 7.05 Å². The molecule has 0 radical (unpaired) electrons. The van der Waals surface area contributed by atoms with Gasteiger partial charge in [-0.25, -0.2) is 9.59 Å². The van der Waals surface area contributed by atoms with Gasteiger partial charge in [0, 0.05) is 49.3 Å². The van der Waals surface area contributed by atoms with Gasteiger partial charge in [0.1, 0.15) is 17.8 Å². The molecule has 2 saturated carbocycles. The zero-order valence-electron chi connectivity index (χ0n) is 40.6. The number of thioether (sulfide) groups is 1. The highest BCUT2D eigenvalue weighted by Gasteiger charge is 2.65. The summed E-state index contributed by atoms with van der Waals surface area (Å²) in [6, 6.07) is 9.93. The highest BCUT2D eigenvalue weighted by molar-refractivity contribution is 8.00. The zero-order valence-corrected chi connectivity index (χ0v) is 41.4. The lowest BCUT2D eigenvalue weighted by Gasteiger charge is -2.49. The summed E-state index contributed by atoms with van der Waals surface area (Å²) in [6.45, 7) is 0.195. The molecule has 70 heavy (non-hydrogen) atoms. The number of likely N-dealkylation sites (N-methyl/N-ethyl adjacent to an activating group) is 1. The number of carboxylic acid groups (broad SMARTS) is 2. The second kappa shape index (κ2) is 22.6. The van der Waals surface area contributed by atoms with E-state index in [0.29, 0.717) is 18.6 Å². The van der Waals surface area contributed by atoms with Crippen LogP contribution in [0.15, 0.2) is 71.3 Å². The summed E-state index contributed by atoms with van der Waals surface area (Å²) in [5, 5.41) is 43.6. The lowest BCUT2D eigenvalue weighted by atomic mass is 9.52. The minimum absolute atomic E-state index is 0.0502. The summed E-state index contributed by atoms with van der Waals surface area (Å²) in [4.78, 5) is 71.9. The van der Waals surface area contributed by atoms with E-state index in [4.69, 9.17) is 4.74 Å². The van der Waals surface area contributed by atoms with Crippen molar-refractivity contribution in [3.63, 3.8) is 0 Å². The number of ether oxygens (including phenoxy) is 1. The van der Waals surface area contributed by atoms with Gasteiger partial charge >= 0.3 is 17.9 Å². The van der Waals surface area contributed by atoms with Crippen LogP contribution in [-0.2, 0) is 48.0 Å². The molecule has 1 aliphatic heterocycles. The second-order valence-electron chi connectivity index (χ2n) is 20.4. The Labute approximate surface area is 415 Å². The summed E-state index contributed by atoms with van der Waals surface area (Å²) in [5.41, 5.74) is 4.82. The first-order valence-electron chi connectivity index (χ1n) is 25.4. The number of hydrogen-bond acceptors (Lipinski definition) is 12. The van der Waals surface area contributed by atoms with Crippen LogP contribution in [0.2, 0.25) is 0 Å². The number of carboxylic acids is 2. The number of carbonyl (C=O) groups excluding carboxylic acids is 3. The molecule has 5 aliphatic carbocycles. The molecule has 2 heterocycles. The molecule has 8 N–H and O–H groups in total. The number of hydrogen-bond donors (Lipinski definition) is 8. The van der Waals surface area contributed by atoms with E-state index >= 15 is 4.79 Å². The quantitative estimate of drug-likeness (QED) is 0.0435. The maximum Gasteiger partial charge on any atom is 0.353 e. The Kier molecular flexibility index (Phi) is 16.5. The fourth-order valence-electron chi connectivity index (χ4n) is 13.1. The number of nitrogens with one attached hydrogen (secondary N) is 5. The van der Waals surface area contributed by atoms with E-state index in [-0.39, 0.29) is 54.0 Å². The second-order valence-corrected chi connectivity index (χ2v) is 21.6. The molecule has 1 aromatic carbocycles. The highest BCUT2D eigenvalue weighted by Crippen LogP contribution is 2.66. The third kappa shape index (κ3) is 10.6. The fraction of sp³-hybridized carbons (Fsp3) is 0.593. The van der Waals surface area contributed by atoms with Crippen molar-refractivity contribution in [1.82, 2.24) is 31.6 Å². The van der Waals surface area contributed by atoms with Crippen molar-refractivity contribution in [2.24, 2.45) is 22.2 Å². The molecule has 2 fully saturated rings. The third-order valence-corrected chi connectivity index (χ3v) is 18.0. The molecule has 0 bridgehead atoms. The number of pyridine rings is 1. The molecular weight excluding hydrogens is 909 g/mol. The van der Waals surface area contributed by atoms with E-state index in [1.807, 2.05) is 25.5 Å². The number of aryl methyl sites for hydroxylation is 1. The number of aliphatic carboxylic acids is 2. The molecule has 0 saturated heterocycles. The maximum absolute atomic E-state index is 15.9. The molecule has 7 atom stereocenters. The SMILES string of the molecule is CNCNC(CCC(=O)NC(CSC1C2=C3C(CC(Cc4ccncc4)=C4C(NC)CCc5ccccc5CC#CC43C(=O)O2)C2(CCCC2)CCCCC12CCCC2)C(=O)NC(O)C(=O)O)C(=O)O. The van der Waals surface area contributed by atoms with Crippen molar-refractivity contribution >= 4 is 41.5 Å². The maximum atomic E-state index is 15.9. The van der Waals surface area contributed by atoms with Crippen LogP contribution in [0.1, 0.15) is 119 Å². The molecule has 8 rings (SSSR count). The summed E-state index contributed by atoms with van der Waals surface area (Å²) < 4.78 is 7.06. The van der Waals surface area contributed by atoms with Gasteiger partial charge in [-0.3, -0.25) is 24.7 Å². The van der Waals surface area contributed by atoms with Crippen LogP contribution in [0.4, 0.5) is 0 Å². The fourth-order valence-corrected chi connectivity index (χ4v) is 14.7. The first-order chi connectivity index (χ1) is 33.8. The van der Waals surface area contributed by atoms with E-state index < -0.39 is 52.7 Å². The predicted molar refractivity (Wildman–Crippen MR) is 266 cm³/mol. The van der Waals surface area contributed by atoms with Crippen molar-refractivity contribution in [3.8, 4) is 11.8 Å². The molecule has 1 aromatic heterocycles. The smallest absolute Gasteiger partial charge is 0.353 e. The molecule has 376 valence electrons. The summed E-state index contributed by atoms with van der Waals surface area (Å²) in [5.74, 6) is 3.21. The summed E-state index contributed by atoms with van der Waals surface area (Å²) in [7, 11) is 3.63. The van der Waals surface area contributed by atoms with Crippen molar-refractivity contribution in [2.45, 2.75) is 152 Å². The number of esters is 1. The molecule has 6 aliphatic rings. The Morgan fingerprint density at radius 1 is 0.857 bits per heavy atom. The molecule has 2 aromatic rings. The summed E-state index contributed by atoms with van der Waals surface area (Å²) in [6.07, 6.45) is 16.3. The van der Waals surface area contributed by atoms with Gasteiger partial charge in [-0.05, 0) is 136 Å². The standard InChI is InChI=1S/C54H70N6O9S/c1-55-33-58-40(49(64)65)17-18-42(61)59-41(47(62)60-48(63)50(66)67)32-70-46-45-44-38(52(21-5-6-22-52)23-7-8-24-53(46)25-9-10-26-53)31-37(30-34-19-28-57-29-20-34)43-39(56-2)16-15-36-13-4-3-12-35(36)14-11-27-54(43,44)51(68)69-45/h3-4,12-13,19-20,28-29,38-41,46,48,55-56,58,63H,5-10,14-18,21-26,30-33H2,1-2H3,(H,59,61)(H,60,62)(H,64,65)(H,66,67). The average molecular weight is 979 g/mol. The van der Waals surface area contributed by atoms with Crippen LogP contribution in [0, 0.1) is 34.0 Å². The van der Waals surface area contributed by atoms with Gasteiger partial charge in [-0.15, -0.1) is 11.8 Å². The van der Waals surface area contributed by atoms with Crippen molar-refractivity contribution in [3.05, 3.63) is 88.0 Å². The zero-order chi connectivity index (χ0) is 49.5. The predicted octanol–water partition coefficient (Wildman–Crippen LogP) is 5.32. The largest absolute Gasteiger partial charge is 0.480 e.